The molecule has 0 atom stereocenters. The van der Waals surface area contributed by atoms with Gasteiger partial charge in [0.1, 0.15) is 16.8 Å². The maximum Gasteiger partial charge on any atom is 0.263 e. The third-order valence-corrected chi connectivity index (χ3v) is 4.32. The topological polar surface area (TPSA) is 94.9 Å². The Bertz CT molecular complexity index is 798. The third kappa shape index (κ3) is 3.42. The number of pyridine rings is 1. The van der Waals surface area contributed by atoms with Crippen LogP contribution in [0.2, 0.25) is 5.02 Å². The summed E-state index contributed by atoms with van der Waals surface area (Å²) in [6.45, 7) is 0. The Morgan fingerprint density at radius 1 is 1.29 bits per heavy atom. The highest BCUT2D eigenvalue weighted by atomic mass is 35.5. The highest BCUT2D eigenvalue weighted by Gasteiger charge is 2.15. The van der Waals surface area contributed by atoms with Crippen molar-refractivity contribution in [1.82, 2.24) is 4.98 Å². The Morgan fingerprint density at radius 2 is 2.05 bits per heavy atom. The molecular formula is C13H11ClN4O2S. The second-order valence-electron chi connectivity index (χ2n) is 4.04. The zero-order chi connectivity index (χ0) is 15.5. The molecule has 0 saturated heterocycles. The van der Waals surface area contributed by atoms with Gasteiger partial charge in [-0.25, -0.2) is 13.4 Å². The number of nitrogens with one attached hydrogen (secondary N) is 2. The minimum atomic E-state index is -3.76. The van der Waals surface area contributed by atoms with E-state index in [4.69, 9.17) is 16.9 Å². The van der Waals surface area contributed by atoms with Gasteiger partial charge in [-0.3, -0.25) is 4.72 Å². The lowest BCUT2D eigenvalue weighted by atomic mass is 10.2. The summed E-state index contributed by atoms with van der Waals surface area (Å²) in [6, 6.07) is 9.19. The lowest BCUT2D eigenvalue weighted by Gasteiger charge is -2.09. The van der Waals surface area contributed by atoms with Crippen LogP contribution in [-0.4, -0.2) is 20.4 Å². The average molecular weight is 323 g/mol. The van der Waals surface area contributed by atoms with Crippen molar-refractivity contribution in [2.45, 2.75) is 4.90 Å². The first-order chi connectivity index (χ1) is 9.96. The first-order valence-electron chi connectivity index (χ1n) is 5.82. The van der Waals surface area contributed by atoms with Crippen LogP contribution in [0.25, 0.3) is 0 Å². The van der Waals surface area contributed by atoms with Crippen LogP contribution in [0.3, 0.4) is 0 Å². The quantitative estimate of drug-likeness (QED) is 0.901. The molecule has 21 heavy (non-hydrogen) atoms. The average Bonchev–Trinajstić information content (AvgIpc) is 2.47. The number of hydrogen-bond acceptors (Lipinski definition) is 5. The van der Waals surface area contributed by atoms with Crippen molar-refractivity contribution in [3.8, 4) is 6.07 Å². The first-order valence-corrected chi connectivity index (χ1v) is 7.68. The summed E-state index contributed by atoms with van der Waals surface area (Å²) in [6.07, 6.45) is 1.25. The summed E-state index contributed by atoms with van der Waals surface area (Å²) in [7, 11) is -2.07. The van der Waals surface area contributed by atoms with Gasteiger partial charge in [-0.2, -0.15) is 5.26 Å². The van der Waals surface area contributed by atoms with Crippen molar-refractivity contribution in [3.05, 3.63) is 47.1 Å². The van der Waals surface area contributed by atoms with Crippen LogP contribution < -0.4 is 10.0 Å². The largest absolute Gasteiger partial charge is 0.373 e. The number of nitriles is 1. The minimum absolute atomic E-state index is 0.0296. The van der Waals surface area contributed by atoms with E-state index in [0.29, 0.717) is 5.82 Å². The Kier molecular flexibility index (Phi) is 4.31. The summed E-state index contributed by atoms with van der Waals surface area (Å²) >= 11 is 5.87. The van der Waals surface area contributed by atoms with E-state index in [2.05, 4.69) is 15.0 Å². The lowest BCUT2D eigenvalue weighted by Crippen LogP contribution is -2.13. The molecule has 2 aromatic rings. The van der Waals surface area contributed by atoms with Gasteiger partial charge in [0.05, 0.1) is 16.3 Å². The smallest absolute Gasteiger partial charge is 0.263 e. The number of hydrogen-bond donors (Lipinski definition) is 2. The molecular weight excluding hydrogens is 312 g/mol. The number of aromatic nitrogens is 1. The van der Waals surface area contributed by atoms with Gasteiger partial charge in [-0.05, 0) is 30.3 Å². The molecule has 0 unspecified atom stereocenters. The van der Waals surface area contributed by atoms with Crippen molar-refractivity contribution in [2.24, 2.45) is 0 Å². The molecule has 0 bridgehead atoms. The Balaban J connectivity index is 2.28. The van der Waals surface area contributed by atoms with Crippen molar-refractivity contribution < 1.29 is 8.42 Å². The molecule has 6 nitrogen and oxygen atoms in total. The second kappa shape index (κ2) is 5.99. The molecule has 1 aromatic heterocycles. The Labute approximate surface area is 127 Å². The first kappa shape index (κ1) is 15.1. The molecule has 108 valence electrons. The van der Waals surface area contributed by atoms with Crippen LogP contribution in [0.1, 0.15) is 5.56 Å². The number of nitrogens with zero attached hydrogens (tertiary/aromatic N) is 2. The van der Waals surface area contributed by atoms with Crippen molar-refractivity contribution >= 4 is 33.1 Å². The van der Waals surface area contributed by atoms with Crippen LogP contribution in [0.5, 0.6) is 0 Å². The molecule has 0 amide bonds. The van der Waals surface area contributed by atoms with E-state index in [0.717, 1.165) is 0 Å². The Morgan fingerprint density at radius 3 is 2.57 bits per heavy atom. The standard InChI is InChI=1S/C13H11ClN4O2S/c1-16-13-5-4-11(8-17-13)21(19,20)18-10-3-2-9(7-15)12(14)6-10/h2-6,8,18H,1H3,(H,16,17). The van der Waals surface area contributed by atoms with E-state index in [1.807, 2.05) is 6.07 Å². The molecule has 1 heterocycles. The van der Waals surface area contributed by atoms with E-state index in [-0.39, 0.29) is 21.2 Å². The van der Waals surface area contributed by atoms with Gasteiger partial charge >= 0.3 is 0 Å². The summed E-state index contributed by atoms with van der Waals surface area (Å²) in [5.41, 5.74) is 0.552. The van der Waals surface area contributed by atoms with Gasteiger partial charge in [0, 0.05) is 13.2 Å². The highest BCUT2D eigenvalue weighted by Crippen LogP contribution is 2.22. The highest BCUT2D eigenvalue weighted by molar-refractivity contribution is 7.92. The van der Waals surface area contributed by atoms with Gasteiger partial charge < -0.3 is 5.32 Å². The summed E-state index contributed by atoms with van der Waals surface area (Å²) in [5.74, 6) is 0.565. The molecule has 2 rings (SSSR count). The van der Waals surface area contributed by atoms with Crippen molar-refractivity contribution in [3.63, 3.8) is 0 Å². The number of rotatable bonds is 4. The summed E-state index contributed by atoms with van der Waals surface area (Å²) in [4.78, 5) is 3.98. The lowest BCUT2D eigenvalue weighted by molar-refractivity contribution is 0.601. The molecule has 0 fully saturated rings. The van der Waals surface area contributed by atoms with Crippen LogP contribution in [0, 0.1) is 11.3 Å². The van der Waals surface area contributed by atoms with Gasteiger partial charge in [-0.15, -0.1) is 0 Å². The predicted octanol–water partition coefficient (Wildman–Crippen LogP) is 2.45. The van der Waals surface area contributed by atoms with Gasteiger partial charge in [0.25, 0.3) is 10.0 Å². The number of halogens is 1. The van der Waals surface area contributed by atoms with Gasteiger partial charge in [0.2, 0.25) is 0 Å². The molecule has 0 spiro atoms. The van der Waals surface area contributed by atoms with Crippen molar-refractivity contribution in [1.29, 1.82) is 5.26 Å². The van der Waals surface area contributed by atoms with Crippen molar-refractivity contribution in [2.75, 3.05) is 17.1 Å². The van der Waals surface area contributed by atoms with Crippen LogP contribution in [0.15, 0.2) is 41.4 Å². The monoisotopic (exact) mass is 322 g/mol. The number of benzene rings is 1. The molecule has 0 aliphatic rings. The third-order valence-electron chi connectivity index (χ3n) is 2.64. The fraction of sp³-hybridized carbons (Fsp3) is 0.0769. The van der Waals surface area contributed by atoms with E-state index in [9.17, 15) is 8.42 Å². The predicted molar refractivity (Wildman–Crippen MR) is 80.8 cm³/mol. The minimum Gasteiger partial charge on any atom is -0.373 e. The van der Waals surface area contributed by atoms with Crippen LogP contribution in [0.4, 0.5) is 11.5 Å². The van der Waals surface area contributed by atoms with Crippen LogP contribution in [-0.2, 0) is 10.0 Å². The molecule has 8 heteroatoms. The molecule has 0 saturated carbocycles. The van der Waals surface area contributed by atoms with E-state index < -0.39 is 10.0 Å². The van der Waals surface area contributed by atoms with E-state index >= 15 is 0 Å². The molecule has 0 radical (unpaired) electrons. The summed E-state index contributed by atoms with van der Waals surface area (Å²) < 4.78 is 26.8. The molecule has 2 N–H and O–H groups in total. The molecule has 1 aromatic carbocycles. The maximum atomic E-state index is 12.2. The number of anilines is 2. The second-order valence-corrected chi connectivity index (χ2v) is 6.13. The molecule has 0 aliphatic carbocycles. The maximum absolute atomic E-state index is 12.2. The zero-order valence-electron chi connectivity index (χ0n) is 11.0. The van der Waals surface area contributed by atoms with Gasteiger partial charge in [-0.1, -0.05) is 11.6 Å². The van der Waals surface area contributed by atoms with E-state index in [1.54, 1.807) is 13.1 Å². The zero-order valence-corrected chi connectivity index (χ0v) is 12.5. The SMILES string of the molecule is CNc1ccc(S(=O)(=O)Nc2ccc(C#N)c(Cl)c2)cn1. The van der Waals surface area contributed by atoms with E-state index in [1.165, 1.54) is 30.5 Å². The fourth-order valence-electron chi connectivity index (χ4n) is 1.57. The number of sulfonamides is 1. The normalized spacial score (nSPS) is 10.7. The summed E-state index contributed by atoms with van der Waals surface area (Å²) in [5, 5.41) is 11.8. The van der Waals surface area contributed by atoms with Crippen LogP contribution >= 0.6 is 11.6 Å². The van der Waals surface area contributed by atoms with Gasteiger partial charge in [0.15, 0.2) is 0 Å². The Hall–Kier alpha value is -2.30. The fourth-order valence-corrected chi connectivity index (χ4v) is 2.79. The molecule has 0 aliphatic heterocycles.